The quantitative estimate of drug-likeness (QED) is 0.460. The van der Waals surface area contributed by atoms with E-state index >= 15 is 0 Å². The summed E-state index contributed by atoms with van der Waals surface area (Å²) in [6, 6.07) is 17.2. The molecule has 4 aromatic rings. The summed E-state index contributed by atoms with van der Waals surface area (Å²) in [5.41, 5.74) is 1.87. The number of benzene rings is 2. The Kier molecular flexibility index (Phi) is 4.55. The molecule has 3 heterocycles. The van der Waals surface area contributed by atoms with Crippen LogP contribution >= 0.6 is 0 Å². The third kappa shape index (κ3) is 3.24. The van der Waals surface area contributed by atoms with E-state index in [0.717, 1.165) is 47.8 Å². The van der Waals surface area contributed by atoms with Crippen LogP contribution in [0, 0.1) is 17.2 Å². The molecular weight excluding hydrogens is 457 g/mol. The molecule has 3 fully saturated rings. The largest absolute Gasteiger partial charge is 0.350 e. The Labute approximate surface area is 206 Å². The minimum Gasteiger partial charge on any atom is -0.350 e. The molecule has 7 nitrogen and oxygen atoms in total. The number of nitrogens with one attached hydrogen (secondary N) is 1. The van der Waals surface area contributed by atoms with Gasteiger partial charge in [-0.15, -0.1) is 0 Å². The summed E-state index contributed by atoms with van der Waals surface area (Å²) in [6.07, 6.45) is 6.76. The monoisotopic (exact) mass is 481 g/mol. The highest BCUT2D eigenvalue weighted by Gasteiger charge is 2.67. The summed E-state index contributed by atoms with van der Waals surface area (Å²) in [4.78, 5) is 33.2. The van der Waals surface area contributed by atoms with Gasteiger partial charge in [-0.3, -0.25) is 14.5 Å². The molecule has 2 aliphatic carbocycles. The number of hydrogen-bond donors (Lipinski definition) is 1. The molecule has 2 saturated carbocycles. The van der Waals surface area contributed by atoms with E-state index in [0.29, 0.717) is 5.82 Å². The summed E-state index contributed by atoms with van der Waals surface area (Å²) >= 11 is 0. The lowest BCUT2D eigenvalue weighted by atomic mass is 9.91. The van der Waals surface area contributed by atoms with Gasteiger partial charge < -0.3 is 5.32 Å². The number of aromatic nitrogens is 3. The van der Waals surface area contributed by atoms with Gasteiger partial charge in [-0.1, -0.05) is 30.3 Å². The number of fused-ring (bicyclic) bond motifs is 1. The van der Waals surface area contributed by atoms with Gasteiger partial charge in [0.1, 0.15) is 11.6 Å². The fourth-order valence-electron chi connectivity index (χ4n) is 5.52. The van der Waals surface area contributed by atoms with Crippen LogP contribution in [-0.4, -0.2) is 32.6 Å². The summed E-state index contributed by atoms with van der Waals surface area (Å²) < 4.78 is 15.1. The molecule has 2 atom stereocenters. The van der Waals surface area contributed by atoms with Crippen LogP contribution in [0.2, 0.25) is 0 Å². The van der Waals surface area contributed by atoms with Gasteiger partial charge in [0, 0.05) is 11.3 Å². The van der Waals surface area contributed by atoms with Gasteiger partial charge in [0.2, 0.25) is 11.8 Å². The van der Waals surface area contributed by atoms with E-state index in [1.54, 1.807) is 34.1 Å². The third-order valence-electron chi connectivity index (χ3n) is 7.77. The van der Waals surface area contributed by atoms with Gasteiger partial charge in [-0.2, -0.15) is 5.10 Å². The lowest BCUT2D eigenvalue weighted by Gasteiger charge is -2.29. The number of pyridine rings is 1. The molecular formula is C28H24FN5O2. The van der Waals surface area contributed by atoms with E-state index in [-0.39, 0.29) is 35.6 Å². The molecule has 2 aromatic carbocycles. The number of anilines is 1. The van der Waals surface area contributed by atoms with Crippen molar-refractivity contribution in [2.75, 3.05) is 4.90 Å². The standard InChI is InChI=1S/C28H24FN5O2/c29-20-8-10-21(11-9-20)34-22-16-30-23(14-19(22)15-31-34)33-24(17-4-2-1-3-5-17)25(28(12-13-28)27(33)36)32-26(35)18-6-7-18/h1-5,8-11,14-16,18,24-25H,6-7,12-13H2,(H,32,35)/t24-,25-/m1/s1. The maximum Gasteiger partial charge on any atom is 0.237 e. The highest BCUT2D eigenvalue weighted by atomic mass is 19.1. The van der Waals surface area contributed by atoms with Gasteiger partial charge in [0.15, 0.2) is 0 Å². The Morgan fingerprint density at radius 3 is 2.47 bits per heavy atom. The summed E-state index contributed by atoms with van der Waals surface area (Å²) in [5, 5.41) is 8.56. The number of carbonyl (C=O) groups is 2. The second-order valence-corrected chi connectivity index (χ2v) is 10.1. The van der Waals surface area contributed by atoms with Crippen molar-refractivity contribution in [3.63, 3.8) is 0 Å². The zero-order chi connectivity index (χ0) is 24.4. The lowest BCUT2D eigenvalue weighted by Crippen LogP contribution is -2.44. The van der Waals surface area contributed by atoms with Crippen LogP contribution in [0.5, 0.6) is 0 Å². The van der Waals surface area contributed by atoms with Crippen LogP contribution < -0.4 is 10.2 Å². The second kappa shape index (κ2) is 7.71. The average molecular weight is 482 g/mol. The summed E-state index contributed by atoms with van der Waals surface area (Å²) in [7, 11) is 0. The van der Waals surface area contributed by atoms with Crippen molar-refractivity contribution in [3.05, 3.63) is 84.4 Å². The van der Waals surface area contributed by atoms with Crippen LogP contribution in [0.25, 0.3) is 16.6 Å². The predicted octanol–water partition coefficient (Wildman–Crippen LogP) is 4.32. The van der Waals surface area contributed by atoms with E-state index < -0.39 is 5.41 Å². The minimum absolute atomic E-state index is 0.00947. The Hall–Kier alpha value is -4.07. The molecule has 1 N–H and O–H groups in total. The van der Waals surface area contributed by atoms with E-state index in [9.17, 15) is 14.0 Å². The average Bonchev–Trinajstić information content (AvgIpc) is 3.82. The second-order valence-electron chi connectivity index (χ2n) is 10.1. The fourth-order valence-corrected chi connectivity index (χ4v) is 5.52. The van der Waals surface area contributed by atoms with E-state index in [4.69, 9.17) is 4.98 Å². The number of rotatable bonds is 5. The first kappa shape index (κ1) is 21.2. The van der Waals surface area contributed by atoms with Crippen molar-refractivity contribution < 1.29 is 14.0 Å². The number of carbonyl (C=O) groups excluding carboxylic acids is 2. The fraction of sp³-hybridized carbons (Fsp3) is 0.286. The minimum atomic E-state index is -0.583. The van der Waals surface area contributed by atoms with Gasteiger partial charge in [0.05, 0.1) is 41.1 Å². The summed E-state index contributed by atoms with van der Waals surface area (Å²) in [5.74, 6) is 0.344. The first-order valence-electron chi connectivity index (χ1n) is 12.3. The Bertz CT molecular complexity index is 1490. The van der Waals surface area contributed by atoms with Crippen LogP contribution in [0.4, 0.5) is 10.2 Å². The Morgan fingerprint density at radius 1 is 1.03 bits per heavy atom. The molecule has 3 aliphatic rings. The van der Waals surface area contributed by atoms with E-state index in [2.05, 4.69) is 10.4 Å². The highest BCUT2D eigenvalue weighted by molar-refractivity contribution is 6.04. The molecule has 1 aliphatic heterocycles. The molecule has 2 aromatic heterocycles. The van der Waals surface area contributed by atoms with Crippen molar-refractivity contribution in [2.45, 2.75) is 37.8 Å². The zero-order valence-corrected chi connectivity index (χ0v) is 19.5. The molecule has 180 valence electrons. The molecule has 7 rings (SSSR count). The number of nitrogens with zero attached hydrogens (tertiary/aromatic N) is 4. The molecule has 0 unspecified atom stereocenters. The van der Waals surface area contributed by atoms with E-state index in [1.165, 1.54) is 12.1 Å². The van der Waals surface area contributed by atoms with E-state index in [1.807, 2.05) is 36.4 Å². The van der Waals surface area contributed by atoms with Crippen LogP contribution in [0.3, 0.4) is 0 Å². The molecule has 0 bridgehead atoms. The summed E-state index contributed by atoms with van der Waals surface area (Å²) in [6.45, 7) is 0. The number of amides is 2. The van der Waals surface area contributed by atoms with Gasteiger partial charge in [0.25, 0.3) is 0 Å². The Balaban J connectivity index is 1.31. The smallest absolute Gasteiger partial charge is 0.237 e. The maximum absolute atomic E-state index is 13.9. The topological polar surface area (TPSA) is 80.1 Å². The van der Waals surface area contributed by atoms with Gasteiger partial charge in [-0.25, -0.2) is 14.1 Å². The van der Waals surface area contributed by atoms with Crippen LogP contribution in [0.15, 0.2) is 73.1 Å². The van der Waals surface area contributed by atoms with Crippen molar-refractivity contribution in [1.82, 2.24) is 20.1 Å². The SMILES string of the molecule is O=C(N[C@@H]1[C@@H](c2ccccc2)N(c2cc3cnn(-c4ccc(F)cc4)c3cn2)C(=O)C12CC2)C1CC1. The molecule has 2 amide bonds. The molecule has 36 heavy (non-hydrogen) atoms. The molecule has 8 heteroatoms. The maximum atomic E-state index is 13.9. The Morgan fingerprint density at radius 2 is 1.78 bits per heavy atom. The van der Waals surface area contributed by atoms with Crippen molar-refractivity contribution >= 4 is 28.5 Å². The molecule has 0 radical (unpaired) electrons. The van der Waals surface area contributed by atoms with Crippen molar-refractivity contribution in [2.24, 2.45) is 11.3 Å². The molecule has 1 spiro atoms. The number of halogens is 1. The third-order valence-corrected chi connectivity index (χ3v) is 7.77. The first-order chi connectivity index (χ1) is 17.5. The van der Waals surface area contributed by atoms with Crippen molar-refractivity contribution in [1.29, 1.82) is 0 Å². The lowest BCUT2D eigenvalue weighted by molar-refractivity contribution is -0.124. The highest BCUT2D eigenvalue weighted by Crippen LogP contribution is 2.60. The zero-order valence-electron chi connectivity index (χ0n) is 19.5. The van der Waals surface area contributed by atoms with Crippen LogP contribution in [-0.2, 0) is 9.59 Å². The number of hydrogen-bond acceptors (Lipinski definition) is 4. The normalized spacial score (nSPS) is 22.4. The van der Waals surface area contributed by atoms with Crippen molar-refractivity contribution in [3.8, 4) is 5.69 Å². The van der Waals surface area contributed by atoms with Gasteiger partial charge in [-0.05, 0) is 61.6 Å². The predicted molar refractivity (Wildman–Crippen MR) is 132 cm³/mol. The molecule has 1 saturated heterocycles. The van der Waals surface area contributed by atoms with Gasteiger partial charge >= 0.3 is 0 Å². The first-order valence-corrected chi connectivity index (χ1v) is 12.3. The van der Waals surface area contributed by atoms with Crippen LogP contribution in [0.1, 0.15) is 37.3 Å².